The van der Waals surface area contributed by atoms with Gasteiger partial charge in [0.2, 0.25) is 0 Å². The Kier molecular flexibility index (Phi) is 5.13. The van der Waals surface area contributed by atoms with E-state index in [4.69, 9.17) is 4.74 Å². The maximum absolute atomic E-state index is 13.7. The van der Waals surface area contributed by atoms with Crippen LogP contribution in [-0.4, -0.2) is 37.0 Å². The Morgan fingerprint density at radius 2 is 2.22 bits per heavy atom. The van der Waals surface area contributed by atoms with Gasteiger partial charge in [-0.15, -0.1) is 0 Å². The second-order valence-electron chi connectivity index (χ2n) is 6.39. The van der Waals surface area contributed by atoms with E-state index in [9.17, 15) is 14.3 Å². The third kappa shape index (κ3) is 4.42. The van der Waals surface area contributed by atoms with Crippen molar-refractivity contribution in [3.63, 3.8) is 0 Å². The number of aliphatic hydroxyl groups excluding tert-OH is 1. The van der Waals surface area contributed by atoms with Crippen molar-refractivity contribution in [2.24, 2.45) is 5.92 Å². The fourth-order valence-electron chi connectivity index (χ4n) is 2.89. The Labute approximate surface area is 135 Å². The molecule has 126 valence electrons. The van der Waals surface area contributed by atoms with Gasteiger partial charge in [0.25, 0.3) is 0 Å². The number of nitrogens with one attached hydrogen (secondary N) is 2. The second kappa shape index (κ2) is 7.27. The molecule has 3 rings (SSSR count). The Morgan fingerprint density at radius 1 is 1.39 bits per heavy atom. The molecule has 2 aliphatic carbocycles. The fraction of sp³-hybridized carbons (Fsp3) is 0.588. The summed E-state index contributed by atoms with van der Waals surface area (Å²) in [4.78, 5) is 11.9. The number of hydrogen-bond donors (Lipinski definition) is 3. The molecular weight excluding hydrogens is 299 g/mol. The number of halogens is 1. The van der Waals surface area contributed by atoms with Gasteiger partial charge in [0.1, 0.15) is 5.82 Å². The molecule has 6 heteroatoms. The molecule has 0 aliphatic heterocycles. The molecule has 2 amide bonds. The number of fused-ring (bicyclic) bond motifs is 1. The molecule has 1 saturated carbocycles. The largest absolute Gasteiger partial charge is 0.389 e. The molecule has 2 aliphatic rings. The number of urea groups is 1. The van der Waals surface area contributed by atoms with Crippen LogP contribution in [0.5, 0.6) is 0 Å². The molecule has 5 nitrogen and oxygen atoms in total. The zero-order valence-corrected chi connectivity index (χ0v) is 13.1. The van der Waals surface area contributed by atoms with Crippen LogP contribution in [0.15, 0.2) is 18.2 Å². The molecule has 2 atom stereocenters. The number of amides is 2. The van der Waals surface area contributed by atoms with Crippen LogP contribution in [0.2, 0.25) is 0 Å². The molecule has 0 bridgehead atoms. The van der Waals surface area contributed by atoms with Crippen LogP contribution in [0.4, 0.5) is 9.18 Å². The van der Waals surface area contributed by atoms with Gasteiger partial charge >= 0.3 is 6.03 Å². The van der Waals surface area contributed by atoms with Gasteiger partial charge < -0.3 is 20.5 Å². The summed E-state index contributed by atoms with van der Waals surface area (Å²) in [5.41, 5.74) is 1.53. The Morgan fingerprint density at radius 3 is 3.00 bits per heavy atom. The van der Waals surface area contributed by atoms with Crippen molar-refractivity contribution in [1.82, 2.24) is 10.6 Å². The van der Waals surface area contributed by atoms with E-state index in [1.807, 2.05) is 6.07 Å². The van der Waals surface area contributed by atoms with Crippen molar-refractivity contribution in [1.29, 1.82) is 0 Å². The summed E-state index contributed by atoms with van der Waals surface area (Å²) in [5.74, 6) is 0.441. The minimum atomic E-state index is -0.715. The van der Waals surface area contributed by atoms with E-state index < -0.39 is 6.10 Å². The summed E-state index contributed by atoms with van der Waals surface area (Å²) in [7, 11) is 0. The van der Waals surface area contributed by atoms with Gasteiger partial charge in [-0.2, -0.15) is 0 Å². The summed E-state index contributed by atoms with van der Waals surface area (Å²) in [6.07, 6.45) is 3.02. The second-order valence-corrected chi connectivity index (χ2v) is 6.39. The number of hydrogen-bond acceptors (Lipinski definition) is 3. The van der Waals surface area contributed by atoms with Crippen molar-refractivity contribution in [2.75, 3.05) is 19.8 Å². The SMILES string of the molecule is O=C(NCC(O)COCC1CC1)NC1CCc2c(F)cccc21. The molecular formula is C17H23FN2O3. The maximum atomic E-state index is 13.7. The first-order valence-electron chi connectivity index (χ1n) is 8.21. The zero-order valence-electron chi connectivity index (χ0n) is 13.1. The molecule has 0 radical (unpaired) electrons. The van der Waals surface area contributed by atoms with Crippen LogP contribution < -0.4 is 10.6 Å². The zero-order chi connectivity index (χ0) is 16.2. The number of ether oxygens (including phenoxy) is 1. The standard InChI is InChI=1S/C17H23FN2O3/c18-15-3-1-2-14-13(15)6-7-16(14)20-17(22)19-8-12(21)10-23-9-11-4-5-11/h1-3,11-12,16,21H,4-10H2,(H2,19,20,22). The smallest absolute Gasteiger partial charge is 0.315 e. The van der Waals surface area contributed by atoms with Crippen molar-refractivity contribution in [3.8, 4) is 0 Å². The predicted molar refractivity (Wildman–Crippen MR) is 83.5 cm³/mol. The molecule has 0 aromatic heterocycles. The molecule has 2 unspecified atom stereocenters. The fourth-order valence-corrected chi connectivity index (χ4v) is 2.89. The molecule has 1 aromatic rings. The molecule has 1 fully saturated rings. The molecule has 0 heterocycles. The van der Waals surface area contributed by atoms with Crippen LogP contribution in [0.3, 0.4) is 0 Å². The number of carbonyl (C=O) groups excluding carboxylic acids is 1. The van der Waals surface area contributed by atoms with Crippen LogP contribution in [-0.2, 0) is 11.2 Å². The van der Waals surface area contributed by atoms with E-state index in [1.165, 1.54) is 18.9 Å². The Bertz CT molecular complexity index is 563. The lowest BCUT2D eigenvalue weighted by molar-refractivity contribution is 0.0337. The van der Waals surface area contributed by atoms with Gasteiger partial charge in [0.05, 0.1) is 18.8 Å². The molecule has 3 N–H and O–H groups in total. The van der Waals surface area contributed by atoms with E-state index in [0.29, 0.717) is 30.9 Å². The summed E-state index contributed by atoms with van der Waals surface area (Å²) >= 11 is 0. The third-order valence-electron chi connectivity index (χ3n) is 4.38. The highest BCUT2D eigenvalue weighted by Crippen LogP contribution is 2.32. The van der Waals surface area contributed by atoms with Crippen LogP contribution >= 0.6 is 0 Å². The summed E-state index contributed by atoms with van der Waals surface area (Å²) < 4.78 is 19.0. The van der Waals surface area contributed by atoms with Gasteiger partial charge in [-0.05, 0) is 48.8 Å². The highest BCUT2D eigenvalue weighted by molar-refractivity contribution is 5.74. The molecule has 23 heavy (non-hydrogen) atoms. The average Bonchev–Trinajstić information content (AvgIpc) is 3.26. The normalized spacial score (nSPS) is 20.9. The van der Waals surface area contributed by atoms with E-state index in [1.54, 1.807) is 6.07 Å². The molecule has 1 aromatic carbocycles. The van der Waals surface area contributed by atoms with Gasteiger partial charge in [-0.3, -0.25) is 0 Å². The van der Waals surface area contributed by atoms with E-state index in [0.717, 1.165) is 5.56 Å². The Balaban J connectivity index is 1.39. The highest BCUT2D eigenvalue weighted by atomic mass is 19.1. The molecule has 0 spiro atoms. The summed E-state index contributed by atoms with van der Waals surface area (Å²) in [5, 5.41) is 15.2. The first-order chi connectivity index (χ1) is 11.1. The number of aliphatic hydroxyl groups is 1. The minimum absolute atomic E-state index is 0.138. The van der Waals surface area contributed by atoms with Gasteiger partial charge in [-0.25, -0.2) is 9.18 Å². The van der Waals surface area contributed by atoms with Crippen molar-refractivity contribution in [3.05, 3.63) is 35.1 Å². The number of rotatable bonds is 7. The van der Waals surface area contributed by atoms with Crippen LogP contribution in [0.25, 0.3) is 0 Å². The lowest BCUT2D eigenvalue weighted by atomic mass is 10.1. The lowest BCUT2D eigenvalue weighted by Crippen LogP contribution is -2.42. The Hall–Kier alpha value is -1.66. The van der Waals surface area contributed by atoms with Crippen molar-refractivity contribution < 1.29 is 19.0 Å². The van der Waals surface area contributed by atoms with E-state index in [2.05, 4.69) is 10.6 Å². The van der Waals surface area contributed by atoms with E-state index >= 15 is 0 Å². The topological polar surface area (TPSA) is 70.6 Å². The van der Waals surface area contributed by atoms with Crippen molar-refractivity contribution in [2.45, 2.75) is 37.8 Å². The monoisotopic (exact) mass is 322 g/mol. The van der Waals surface area contributed by atoms with Gasteiger partial charge in [0.15, 0.2) is 0 Å². The minimum Gasteiger partial charge on any atom is -0.389 e. The van der Waals surface area contributed by atoms with Crippen molar-refractivity contribution >= 4 is 6.03 Å². The first-order valence-corrected chi connectivity index (χ1v) is 8.21. The summed E-state index contributed by atoms with van der Waals surface area (Å²) in [6, 6.07) is 4.42. The lowest BCUT2D eigenvalue weighted by Gasteiger charge is -2.17. The van der Waals surface area contributed by atoms with Gasteiger partial charge in [0, 0.05) is 13.2 Å². The van der Waals surface area contributed by atoms with Gasteiger partial charge in [-0.1, -0.05) is 12.1 Å². The van der Waals surface area contributed by atoms with Crippen LogP contribution in [0.1, 0.15) is 36.4 Å². The average molecular weight is 322 g/mol. The number of carbonyl (C=O) groups is 1. The first kappa shape index (κ1) is 16.2. The van der Waals surface area contributed by atoms with Crippen LogP contribution in [0, 0.1) is 11.7 Å². The third-order valence-corrected chi connectivity index (χ3v) is 4.38. The summed E-state index contributed by atoms with van der Waals surface area (Å²) in [6.45, 7) is 1.06. The predicted octanol–water partition coefficient (Wildman–Crippen LogP) is 1.90. The highest BCUT2D eigenvalue weighted by Gasteiger charge is 2.26. The quantitative estimate of drug-likeness (QED) is 0.718. The maximum Gasteiger partial charge on any atom is 0.315 e. The molecule has 0 saturated heterocycles. The number of benzene rings is 1. The van der Waals surface area contributed by atoms with E-state index in [-0.39, 0.29) is 31.0 Å².